The Morgan fingerprint density at radius 3 is 2.44 bits per heavy atom. The van der Waals surface area contributed by atoms with E-state index in [1.807, 2.05) is 10.0 Å². The second kappa shape index (κ2) is 9.81. The first-order valence-electron chi connectivity index (χ1n) is 11.7. The highest BCUT2D eigenvalue weighted by Gasteiger charge is 2.35. The van der Waals surface area contributed by atoms with Crippen LogP contribution in [-0.4, -0.2) is 45.2 Å². The summed E-state index contributed by atoms with van der Waals surface area (Å²) in [6.07, 6.45) is 3.87. The number of hydrazine groups is 2. The zero-order chi connectivity index (χ0) is 24.6. The molecule has 1 fully saturated rings. The van der Waals surface area contributed by atoms with Gasteiger partial charge < -0.3 is 21.5 Å². The van der Waals surface area contributed by atoms with Crippen molar-refractivity contribution in [1.82, 2.24) is 15.5 Å². The minimum absolute atomic E-state index is 0.0249. The van der Waals surface area contributed by atoms with Gasteiger partial charge in [0, 0.05) is 29.9 Å². The summed E-state index contributed by atoms with van der Waals surface area (Å²) in [7, 11) is 0. The maximum Gasteiger partial charge on any atom is 0.337 e. The van der Waals surface area contributed by atoms with E-state index < -0.39 is 5.97 Å². The Bertz CT molecular complexity index is 1060. The molecule has 0 saturated heterocycles. The molecule has 0 bridgehead atoms. The van der Waals surface area contributed by atoms with Crippen molar-refractivity contribution in [3.63, 3.8) is 0 Å². The van der Waals surface area contributed by atoms with Gasteiger partial charge in [0.15, 0.2) is 11.6 Å². The Labute approximate surface area is 204 Å². The fourth-order valence-electron chi connectivity index (χ4n) is 4.28. The number of nitrogens with one attached hydrogen (secondary N) is 3. The molecule has 4 rings (SSSR count). The van der Waals surface area contributed by atoms with E-state index in [1.165, 1.54) is 6.07 Å². The molecule has 1 aliphatic carbocycles. The van der Waals surface area contributed by atoms with E-state index >= 15 is 0 Å². The van der Waals surface area contributed by atoms with Gasteiger partial charge in [-0.3, -0.25) is 10.0 Å². The van der Waals surface area contributed by atoms with Crippen molar-refractivity contribution in [3.05, 3.63) is 28.8 Å². The van der Waals surface area contributed by atoms with Crippen LogP contribution in [-0.2, 0) is 0 Å². The van der Waals surface area contributed by atoms with Crippen molar-refractivity contribution in [2.24, 2.45) is 5.73 Å². The van der Waals surface area contributed by atoms with E-state index in [2.05, 4.69) is 43.9 Å². The Morgan fingerprint density at radius 1 is 1.15 bits per heavy atom. The quantitative estimate of drug-likeness (QED) is 0.387. The SMILES string of the molecule is CC(C)N1NN(C(C)C)c2c(Nc3ccc(Cl)c(C(=O)O)c3)nc(NC3CCC(N)CC3)nc21. The molecule has 2 aromatic rings. The third kappa shape index (κ3) is 4.98. The summed E-state index contributed by atoms with van der Waals surface area (Å²) in [4.78, 5) is 21.3. The van der Waals surface area contributed by atoms with Crippen LogP contribution in [0, 0.1) is 0 Å². The highest BCUT2D eigenvalue weighted by Crippen LogP contribution is 2.41. The number of carboxylic acids is 1. The van der Waals surface area contributed by atoms with Crippen LogP contribution in [0.5, 0.6) is 0 Å². The van der Waals surface area contributed by atoms with E-state index in [0.717, 1.165) is 37.2 Å². The number of carbonyl (C=O) groups is 1. The van der Waals surface area contributed by atoms with Crippen molar-refractivity contribution in [2.75, 3.05) is 20.7 Å². The lowest BCUT2D eigenvalue weighted by molar-refractivity contribution is 0.0697. The van der Waals surface area contributed by atoms with E-state index in [9.17, 15) is 9.90 Å². The van der Waals surface area contributed by atoms with Gasteiger partial charge in [0.1, 0.15) is 5.69 Å². The second-order valence-electron chi connectivity index (χ2n) is 9.48. The number of nitrogens with zero attached hydrogens (tertiary/aromatic N) is 4. The molecule has 2 aliphatic rings. The Kier molecular flexibility index (Phi) is 7.01. The molecule has 0 spiro atoms. The summed E-state index contributed by atoms with van der Waals surface area (Å²) in [5.74, 6) is 0.759. The largest absolute Gasteiger partial charge is 0.478 e. The minimum atomic E-state index is -1.09. The highest BCUT2D eigenvalue weighted by molar-refractivity contribution is 6.33. The molecule has 0 radical (unpaired) electrons. The molecule has 1 aliphatic heterocycles. The van der Waals surface area contributed by atoms with Gasteiger partial charge in [0.25, 0.3) is 0 Å². The Morgan fingerprint density at radius 2 is 1.82 bits per heavy atom. The molecule has 0 unspecified atom stereocenters. The number of rotatable bonds is 7. The molecule has 2 heterocycles. The van der Waals surface area contributed by atoms with Gasteiger partial charge in [-0.15, -0.1) is 5.53 Å². The lowest BCUT2D eigenvalue weighted by atomic mass is 9.92. The maximum atomic E-state index is 11.6. The van der Waals surface area contributed by atoms with Gasteiger partial charge in [-0.2, -0.15) is 9.97 Å². The molecule has 0 atom stereocenters. The molecule has 0 amide bonds. The van der Waals surface area contributed by atoms with Gasteiger partial charge >= 0.3 is 5.97 Å². The normalized spacial score (nSPS) is 20.1. The van der Waals surface area contributed by atoms with Crippen LogP contribution in [0.15, 0.2) is 18.2 Å². The van der Waals surface area contributed by atoms with Crippen LogP contribution in [0.2, 0.25) is 5.02 Å². The first-order chi connectivity index (χ1) is 16.1. The molecule has 10 nitrogen and oxygen atoms in total. The molecule has 184 valence electrons. The smallest absolute Gasteiger partial charge is 0.337 e. The van der Waals surface area contributed by atoms with E-state index in [1.54, 1.807) is 12.1 Å². The average Bonchev–Trinajstić information content (AvgIpc) is 3.17. The Balaban J connectivity index is 1.75. The third-order valence-corrected chi connectivity index (χ3v) is 6.48. The third-order valence-electron chi connectivity index (χ3n) is 6.15. The predicted molar refractivity (Wildman–Crippen MR) is 136 cm³/mol. The van der Waals surface area contributed by atoms with Gasteiger partial charge in [0.2, 0.25) is 5.95 Å². The topological polar surface area (TPSA) is 132 Å². The van der Waals surface area contributed by atoms with Crippen molar-refractivity contribution < 1.29 is 9.90 Å². The van der Waals surface area contributed by atoms with Crippen molar-refractivity contribution in [3.8, 4) is 0 Å². The van der Waals surface area contributed by atoms with E-state index in [-0.39, 0.29) is 34.8 Å². The number of carboxylic acid groups (broad SMARTS) is 1. The van der Waals surface area contributed by atoms with Gasteiger partial charge in [-0.1, -0.05) is 11.6 Å². The number of aromatic carboxylic acids is 1. The number of fused-ring (bicyclic) bond motifs is 1. The highest BCUT2D eigenvalue weighted by atomic mass is 35.5. The fraction of sp³-hybridized carbons (Fsp3) is 0.522. The van der Waals surface area contributed by atoms with Crippen LogP contribution >= 0.6 is 11.6 Å². The molecule has 1 aromatic carbocycles. The maximum absolute atomic E-state index is 11.6. The van der Waals surface area contributed by atoms with Crippen LogP contribution in [0.3, 0.4) is 0 Å². The number of hydrogen-bond acceptors (Lipinski definition) is 9. The van der Waals surface area contributed by atoms with Crippen LogP contribution in [0.1, 0.15) is 63.7 Å². The monoisotopic (exact) mass is 488 g/mol. The standard InChI is InChI=1S/C23H33ClN8O2/c1-12(2)31-19-20(26-16-9-10-18(24)17(11-16)22(33)34)28-23(27-15-7-5-14(25)6-8-15)29-21(19)32(30-31)13(3)4/h9-15,30H,5-8,25H2,1-4H3,(H,33,34)(H2,26,27,28,29). The lowest BCUT2D eigenvalue weighted by Crippen LogP contribution is -2.50. The first kappa shape index (κ1) is 24.3. The number of benzene rings is 1. The zero-order valence-electron chi connectivity index (χ0n) is 20.0. The molecular weight excluding hydrogens is 456 g/mol. The van der Waals surface area contributed by atoms with Crippen molar-refractivity contribution in [2.45, 2.75) is 77.5 Å². The number of hydrogen-bond donors (Lipinski definition) is 5. The molecule has 6 N–H and O–H groups in total. The van der Waals surface area contributed by atoms with Crippen LogP contribution in [0.25, 0.3) is 0 Å². The fourth-order valence-corrected chi connectivity index (χ4v) is 4.48. The molecule has 34 heavy (non-hydrogen) atoms. The summed E-state index contributed by atoms with van der Waals surface area (Å²) in [6, 6.07) is 5.58. The zero-order valence-corrected chi connectivity index (χ0v) is 20.7. The summed E-state index contributed by atoms with van der Waals surface area (Å²) in [5, 5.41) is 20.5. The summed E-state index contributed by atoms with van der Waals surface area (Å²) in [5.41, 5.74) is 10.9. The lowest BCUT2D eigenvalue weighted by Gasteiger charge is -2.27. The minimum Gasteiger partial charge on any atom is -0.478 e. The van der Waals surface area contributed by atoms with Crippen molar-refractivity contribution in [1.29, 1.82) is 0 Å². The van der Waals surface area contributed by atoms with E-state index in [4.69, 9.17) is 27.3 Å². The number of anilines is 5. The summed E-state index contributed by atoms with van der Waals surface area (Å²) in [6.45, 7) is 8.33. The molecule has 1 saturated carbocycles. The van der Waals surface area contributed by atoms with E-state index in [0.29, 0.717) is 17.5 Å². The molecule has 11 heteroatoms. The predicted octanol–water partition coefficient (Wildman–Crippen LogP) is 4.12. The summed E-state index contributed by atoms with van der Waals surface area (Å²) < 4.78 is 0. The van der Waals surface area contributed by atoms with Crippen LogP contribution in [0.4, 0.5) is 29.0 Å². The van der Waals surface area contributed by atoms with Crippen molar-refractivity contribution >= 4 is 46.5 Å². The van der Waals surface area contributed by atoms with Gasteiger partial charge in [-0.25, -0.2) is 4.79 Å². The average molecular weight is 489 g/mol. The second-order valence-corrected chi connectivity index (χ2v) is 9.88. The van der Waals surface area contributed by atoms with Crippen LogP contribution < -0.4 is 31.9 Å². The Hall–Kier alpha value is -2.82. The molecular formula is C23H33ClN8O2. The number of nitrogens with two attached hydrogens (primary N) is 1. The number of aromatic nitrogens is 2. The number of halogens is 1. The first-order valence-corrected chi connectivity index (χ1v) is 12.1. The van der Waals surface area contributed by atoms with Gasteiger partial charge in [-0.05, 0) is 71.6 Å². The summed E-state index contributed by atoms with van der Waals surface area (Å²) >= 11 is 6.07. The van der Waals surface area contributed by atoms with Gasteiger partial charge in [0.05, 0.1) is 10.6 Å². The molecule has 1 aromatic heterocycles.